The molecule has 0 saturated carbocycles. The molecule has 1 rings (SSSR count). The van der Waals surface area contributed by atoms with Gasteiger partial charge in [-0.1, -0.05) is 20.3 Å². The van der Waals surface area contributed by atoms with Gasteiger partial charge in [0.15, 0.2) is 5.96 Å². The Hall–Kier alpha value is -2.29. The minimum absolute atomic E-state index is 0.00203. The molecule has 0 spiro atoms. The van der Waals surface area contributed by atoms with Crippen LogP contribution in [0.1, 0.15) is 46.0 Å². The summed E-state index contributed by atoms with van der Waals surface area (Å²) in [5.74, 6) is -0.161. The van der Waals surface area contributed by atoms with Crippen molar-refractivity contribution in [3.63, 3.8) is 0 Å². The molecule has 0 aliphatic carbocycles. The molecule has 0 aromatic carbocycles. The number of aldehydes is 1. The first-order valence-corrected chi connectivity index (χ1v) is 11.7. The van der Waals surface area contributed by atoms with Crippen LogP contribution < -0.4 is 22.1 Å². The van der Waals surface area contributed by atoms with E-state index in [9.17, 15) is 14.4 Å². The number of amides is 2. The Kier molecular flexibility index (Phi) is 13.7. The van der Waals surface area contributed by atoms with Gasteiger partial charge < -0.3 is 31.8 Å². The number of hydrogen-bond acceptors (Lipinski definition) is 7. The maximum Gasteiger partial charge on any atom is 0.394 e. The van der Waals surface area contributed by atoms with Gasteiger partial charge in [-0.15, -0.1) is 0 Å². The Bertz CT molecular complexity index is 734. The summed E-state index contributed by atoms with van der Waals surface area (Å²) in [6.07, 6.45) is 3.98. The van der Waals surface area contributed by atoms with Gasteiger partial charge in [0.2, 0.25) is 11.8 Å². The molecule has 2 amide bonds. The highest BCUT2D eigenvalue weighted by Gasteiger charge is 2.38. The Balaban J connectivity index is 0.00000172. The van der Waals surface area contributed by atoms with E-state index >= 15 is 0 Å². The van der Waals surface area contributed by atoms with Gasteiger partial charge in [-0.25, -0.2) is 0 Å². The highest BCUT2D eigenvalue weighted by atomic mass is 32.3. The third-order valence-corrected chi connectivity index (χ3v) is 5.09. The monoisotopic (exact) mass is 480 g/mol. The number of likely N-dealkylation sites (tertiary alicyclic amines) is 1. The predicted molar refractivity (Wildman–Crippen MR) is 119 cm³/mol. The van der Waals surface area contributed by atoms with E-state index in [-0.39, 0.29) is 29.7 Å². The van der Waals surface area contributed by atoms with Crippen LogP contribution in [0.5, 0.6) is 0 Å². The molecule has 1 heterocycles. The number of nitrogens with zero attached hydrogens (tertiary/aromatic N) is 2. The largest absolute Gasteiger partial charge is 0.394 e. The summed E-state index contributed by atoms with van der Waals surface area (Å²) in [5, 5.41) is 5.82. The second-order valence-corrected chi connectivity index (χ2v) is 8.39. The number of aliphatic imine (C=N–C) groups is 1. The fourth-order valence-corrected chi connectivity index (χ4v) is 3.34. The highest BCUT2D eigenvalue weighted by molar-refractivity contribution is 7.79. The zero-order valence-corrected chi connectivity index (χ0v) is 19.5. The van der Waals surface area contributed by atoms with Gasteiger partial charge in [0.1, 0.15) is 12.3 Å². The van der Waals surface area contributed by atoms with Crippen molar-refractivity contribution in [3.05, 3.63) is 0 Å². The molecule has 32 heavy (non-hydrogen) atoms. The molecule has 0 aromatic heterocycles. The molecule has 1 fully saturated rings. The van der Waals surface area contributed by atoms with Crippen molar-refractivity contribution < 1.29 is 31.9 Å². The van der Waals surface area contributed by atoms with Gasteiger partial charge >= 0.3 is 10.4 Å². The highest BCUT2D eigenvalue weighted by Crippen LogP contribution is 2.21. The summed E-state index contributed by atoms with van der Waals surface area (Å²) in [4.78, 5) is 42.4. The average Bonchev–Trinajstić information content (AvgIpc) is 3.19. The number of nitrogens with one attached hydrogen (secondary N) is 2. The molecular formula is C18H36N6O7S. The van der Waals surface area contributed by atoms with Crippen molar-refractivity contribution in [2.75, 3.05) is 20.1 Å². The lowest BCUT2D eigenvalue weighted by Gasteiger charge is -2.31. The minimum Gasteiger partial charge on any atom is -0.370 e. The van der Waals surface area contributed by atoms with E-state index in [0.29, 0.717) is 38.6 Å². The molecular weight excluding hydrogens is 444 g/mol. The summed E-state index contributed by atoms with van der Waals surface area (Å²) in [6.45, 7) is 5.01. The molecule has 186 valence electrons. The van der Waals surface area contributed by atoms with Crippen LogP contribution in [0.2, 0.25) is 0 Å². The maximum atomic E-state index is 12.9. The summed E-state index contributed by atoms with van der Waals surface area (Å²) in [5.41, 5.74) is 10.5. The average molecular weight is 481 g/mol. The van der Waals surface area contributed by atoms with E-state index in [1.165, 1.54) is 0 Å². The van der Waals surface area contributed by atoms with Gasteiger partial charge in [0, 0.05) is 13.1 Å². The molecule has 0 bridgehead atoms. The second kappa shape index (κ2) is 14.7. The third kappa shape index (κ3) is 11.9. The first-order valence-electron chi connectivity index (χ1n) is 10.3. The van der Waals surface area contributed by atoms with Gasteiger partial charge in [-0.05, 0) is 38.6 Å². The number of nitrogens with two attached hydrogens (primary N) is 2. The van der Waals surface area contributed by atoms with Crippen LogP contribution in [0.25, 0.3) is 0 Å². The number of hydrogen-bond donors (Lipinski definition) is 6. The Morgan fingerprint density at radius 1 is 1.31 bits per heavy atom. The predicted octanol–water partition coefficient (Wildman–Crippen LogP) is -1.30. The van der Waals surface area contributed by atoms with E-state index in [2.05, 4.69) is 15.6 Å². The van der Waals surface area contributed by atoms with E-state index in [0.717, 1.165) is 12.8 Å². The first-order chi connectivity index (χ1) is 14.8. The Morgan fingerprint density at radius 2 is 1.91 bits per heavy atom. The van der Waals surface area contributed by atoms with Crippen LogP contribution in [0.15, 0.2) is 4.99 Å². The van der Waals surface area contributed by atoms with Crippen LogP contribution in [0, 0.1) is 5.92 Å². The van der Waals surface area contributed by atoms with Crippen LogP contribution in [0.4, 0.5) is 0 Å². The van der Waals surface area contributed by atoms with Crippen LogP contribution >= 0.6 is 0 Å². The molecule has 0 radical (unpaired) electrons. The fourth-order valence-electron chi connectivity index (χ4n) is 3.34. The Labute approximate surface area is 188 Å². The number of carbonyl (C=O) groups is 3. The first kappa shape index (κ1) is 29.7. The number of likely N-dealkylation sites (N-methyl/N-ethyl adjacent to an activating group) is 1. The molecule has 14 heteroatoms. The molecule has 0 unspecified atom stereocenters. The molecule has 1 aliphatic heterocycles. The summed E-state index contributed by atoms with van der Waals surface area (Å²) >= 11 is 0. The van der Waals surface area contributed by atoms with E-state index < -0.39 is 22.5 Å². The van der Waals surface area contributed by atoms with Gasteiger partial charge in [-0.3, -0.25) is 23.7 Å². The second-order valence-electron chi connectivity index (χ2n) is 7.49. The lowest BCUT2D eigenvalue weighted by molar-refractivity contribution is -0.141. The van der Waals surface area contributed by atoms with Gasteiger partial charge in [0.25, 0.3) is 0 Å². The quantitative estimate of drug-likeness (QED) is 0.0674. The van der Waals surface area contributed by atoms with Crippen molar-refractivity contribution in [1.82, 2.24) is 15.5 Å². The van der Waals surface area contributed by atoms with Crippen molar-refractivity contribution in [2.45, 2.75) is 64.1 Å². The van der Waals surface area contributed by atoms with Crippen LogP contribution in [-0.2, 0) is 24.8 Å². The normalized spacial score (nSPS) is 18.5. The SMILES string of the molecule is CC[C@H](C)[C@@H](NC)C(=O)N1CCC[C@H]1C(=O)N[C@H](C=O)CCCN=C(N)N.O=S(=O)(O)O. The van der Waals surface area contributed by atoms with Gasteiger partial charge in [-0.2, -0.15) is 8.42 Å². The van der Waals surface area contributed by atoms with E-state index in [1.54, 1.807) is 11.9 Å². The fraction of sp³-hybridized carbons (Fsp3) is 0.778. The lowest BCUT2D eigenvalue weighted by Crippen LogP contribution is -2.54. The summed E-state index contributed by atoms with van der Waals surface area (Å²) in [6, 6.07) is -1.46. The standard InChI is InChI=1S/C18H34N6O3.H2O4S/c1-4-12(2)15(21-3)17(27)24-10-6-8-14(24)16(26)23-13(11-25)7-5-9-22-18(19)20;1-5(2,3)4/h11-15,21H,4-10H2,1-3H3,(H,23,26)(H4,19,20,22);(H2,1,2,3,4)/t12-,13-,14-,15+;/m0./s1. The minimum atomic E-state index is -4.67. The molecule has 13 nitrogen and oxygen atoms in total. The van der Waals surface area contributed by atoms with Crippen molar-refractivity contribution in [1.29, 1.82) is 0 Å². The van der Waals surface area contributed by atoms with Crippen molar-refractivity contribution in [2.24, 2.45) is 22.4 Å². The van der Waals surface area contributed by atoms with Crippen molar-refractivity contribution >= 4 is 34.5 Å². The van der Waals surface area contributed by atoms with Crippen LogP contribution in [-0.4, -0.2) is 84.7 Å². The number of carbonyl (C=O) groups excluding carboxylic acids is 3. The van der Waals surface area contributed by atoms with Crippen molar-refractivity contribution in [3.8, 4) is 0 Å². The zero-order valence-electron chi connectivity index (χ0n) is 18.7. The molecule has 4 atom stereocenters. The smallest absolute Gasteiger partial charge is 0.370 e. The molecule has 0 aromatic rings. The Morgan fingerprint density at radius 3 is 2.38 bits per heavy atom. The summed E-state index contributed by atoms with van der Waals surface area (Å²) < 4.78 is 31.6. The lowest BCUT2D eigenvalue weighted by atomic mass is 9.97. The number of guanidine groups is 1. The van der Waals surface area contributed by atoms with Gasteiger partial charge in [0.05, 0.1) is 12.1 Å². The molecule has 1 saturated heterocycles. The molecule has 1 aliphatic rings. The number of rotatable bonds is 11. The molecule has 8 N–H and O–H groups in total. The zero-order chi connectivity index (χ0) is 24.9. The van der Waals surface area contributed by atoms with Crippen LogP contribution in [0.3, 0.4) is 0 Å². The van der Waals surface area contributed by atoms with E-state index in [1.807, 2.05) is 13.8 Å². The van der Waals surface area contributed by atoms with E-state index in [4.69, 9.17) is 29.0 Å². The topological polar surface area (TPSA) is 218 Å². The third-order valence-electron chi connectivity index (χ3n) is 5.09. The maximum absolute atomic E-state index is 12.9. The summed E-state index contributed by atoms with van der Waals surface area (Å²) in [7, 11) is -2.90.